The summed E-state index contributed by atoms with van der Waals surface area (Å²) in [6, 6.07) is 15.1. The Morgan fingerprint density at radius 2 is 1.70 bits per heavy atom. The lowest BCUT2D eigenvalue weighted by Crippen LogP contribution is -2.43. The maximum atomic E-state index is 15.5. The second-order valence-electron chi connectivity index (χ2n) is 16.8. The van der Waals surface area contributed by atoms with Crippen molar-refractivity contribution in [1.82, 2.24) is 24.2 Å². The summed E-state index contributed by atoms with van der Waals surface area (Å²) in [6.45, 7) is 18.5. The lowest BCUT2D eigenvalue weighted by atomic mass is 9.98. The molecule has 0 saturated carbocycles. The van der Waals surface area contributed by atoms with Gasteiger partial charge in [-0.25, -0.2) is 9.59 Å². The Kier molecular flexibility index (Phi) is 12.2. The quantitative estimate of drug-likeness (QED) is 0.0960. The summed E-state index contributed by atoms with van der Waals surface area (Å²) in [5, 5.41) is 10.6. The van der Waals surface area contributed by atoms with Crippen LogP contribution in [0.5, 0.6) is 5.75 Å². The Labute approximate surface area is 366 Å². The van der Waals surface area contributed by atoms with E-state index in [2.05, 4.69) is 16.8 Å². The van der Waals surface area contributed by atoms with Gasteiger partial charge in [0, 0.05) is 65.3 Å². The molecule has 1 aliphatic heterocycles. The molecule has 4 heterocycles. The summed E-state index contributed by atoms with van der Waals surface area (Å²) in [6.07, 6.45) is 0.609. The molecule has 2 amide bonds. The number of carbonyl (C=O) groups is 3. The molecule has 7 rings (SSSR count). The number of hydrogen-bond donors (Lipinski definition) is 1. The van der Waals surface area contributed by atoms with Gasteiger partial charge in [-0.2, -0.15) is 5.10 Å². The van der Waals surface area contributed by atoms with Gasteiger partial charge in [-0.15, -0.1) is 0 Å². The number of hydrogen-bond acceptors (Lipinski definition) is 7. The molecule has 0 fully saturated rings. The van der Waals surface area contributed by atoms with E-state index in [0.717, 1.165) is 66.3 Å². The number of nitrogens with one attached hydrogen (secondary N) is 1. The molecule has 0 radical (unpaired) electrons. The van der Waals surface area contributed by atoms with E-state index in [0.29, 0.717) is 53.6 Å². The van der Waals surface area contributed by atoms with Gasteiger partial charge in [0.1, 0.15) is 22.7 Å². The number of carbonyl (C=O) groups excluding carboxylic acids is 3. The minimum Gasteiger partial charge on any atom is -0.494 e. The van der Waals surface area contributed by atoms with Gasteiger partial charge in [0.15, 0.2) is 0 Å². The van der Waals surface area contributed by atoms with Crippen molar-refractivity contribution in [3.63, 3.8) is 0 Å². The van der Waals surface area contributed by atoms with Crippen LogP contribution < -0.4 is 15.0 Å². The lowest BCUT2D eigenvalue weighted by Gasteiger charge is -2.35. The van der Waals surface area contributed by atoms with E-state index < -0.39 is 17.7 Å². The molecule has 12 nitrogen and oxygen atoms in total. The van der Waals surface area contributed by atoms with E-state index in [4.69, 9.17) is 42.5 Å². The normalized spacial score (nSPS) is 14.2. The monoisotopic (exact) mass is 868 g/mol. The highest BCUT2D eigenvalue weighted by molar-refractivity contribution is 6.35. The Morgan fingerprint density at radius 1 is 0.984 bits per heavy atom. The van der Waals surface area contributed by atoms with E-state index in [9.17, 15) is 9.59 Å². The zero-order chi connectivity index (χ0) is 44.1. The number of halogens is 2. The molecule has 3 aromatic carbocycles. The van der Waals surface area contributed by atoms with E-state index in [1.54, 1.807) is 33.8 Å². The summed E-state index contributed by atoms with van der Waals surface area (Å²) in [7, 11) is 1.92. The van der Waals surface area contributed by atoms with Gasteiger partial charge in [0.25, 0.3) is 5.91 Å². The van der Waals surface area contributed by atoms with Gasteiger partial charge in [0.05, 0.1) is 40.7 Å². The minimum atomic E-state index is -0.677. The van der Waals surface area contributed by atoms with Crippen molar-refractivity contribution in [2.24, 2.45) is 7.05 Å². The van der Waals surface area contributed by atoms with Crippen molar-refractivity contribution in [2.45, 2.75) is 93.3 Å². The SMILES string of the molecule is CCOC(=O)c1cc2cccc(N3C[C@@H](C)n4c(c(CCCOc5cc(C)c(Cl)c(C)c5)c5ccc(Cl)c(-c6c(C)nn(C)c6C)c54)C3=O)c2n1CCNC(=O)OC(C)(C)C. The highest BCUT2D eigenvalue weighted by Crippen LogP contribution is 2.46. The minimum absolute atomic E-state index is 0.163. The largest absolute Gasteiger partial charge is 0.494 e. The third-order valence-corrected chi connectivity index (χ3v) is 12.2. The molecule has 1 N–H and O–H groups in total. The number of alkyl carbamates (subject to hydrolysis) is 1. The number of rotatable bonds is 12. The van der Waals surface area contributed by atoms with Crippen LogP contribution >= 0.6 is 23.2 Å². The number of para-hydroxylation sites is 1. The molecule has 0 aliphatic carbocycles. The number of fused-ring (bicyclic) bond motifs is 4. The average molecular weight is 870 g/mol. The first-order valence-electron chi connectivity index (χ1n) is 20.7. The van der Waals surface area contributed by atoms with Gasteiger partial charge in [0.2, 0.25) is 0 Å². The van der Waals surface area contributed by atoms with Crippen molar-refractivity contribution in [3.8, 4) is 16.9 Å². The van der Waals surface area contributed by atoms with E-state index >= 15 is 4.79 Å². The number of aromatic nitrogens is 4. The average Bonchev–Trinajstić information content (AvgIpc) is 3.81. The molecule has 0 saturated heterocycles. The highest BCUT2D eigenvalue weighted by Gasteiger charge is 2.38. The fourth-order valence-electron chi connectivity index (χ4n) is 8.65. The van der Waals surface area contributed by atoms with Crippen LogP contribution in [0, 0.1) is 27.7 Å². The van der Waals surface area contributed by atoms with Crippen LogP contribution in [-0.2, 0) is 29.5 Å². The maximum Gasteiger partial charge on any atom is 0.407 e. The lowest BCUT2D eigenvalue weighted by molar-refractivity contribution is 0.0514. The number of anilines is 1. The number of amides is 2. The van der Waals surface area contributed by atoms with Crippen molar-refractivity contribution in [3.05, 3.63) is 98.0 Å². The van der Waals surface area contributed by atoms with Gasteiger partial charge in [-0.3, -0.25) is 9.48 Å². The van der Waals surface area contributed by atoms with Crippen LogP contribution in [-0.4, -0.2) is 68.8 Å². The number of aryl methyl sites for hydroxylation is 5. The third kappa shape index (κ3) is 8.32. The molecule has 6 aromatic rings. The Balaban J connectivity index is 1.35. The highest BCUT2D eigenvalue weighted by atomic mass is 35.5. The zero-order valence-corrected chi connectivity index (χ0v) is 38.1. The van der Waals surface area contributed by atoms with Crippen molar-refractivity contribution in [1.29, 1.82) is 0 Å². The molecule has 14 heteroatoms. The van der Waals surface area contributed by atoms with Crippen LogP contribution in [0.15, 0.2) is 48.5 Å². The molecule has 3 aromatic heterocycles. The summed E-state index contributed by atoms with van der Waals surface area (Å²) >= 11 is 13.6. The zero-order valence-electron chi connectivity index (χ0n) is 36.6. The molecule has 322 valence electrons. The number of benzene rings is 3. The molecule has 0 bridgehead atoms. The Morgan fingerprint density at radius 3 is 2.36 bits per heavy atom. The predicted octanol–water partition coefficient (Wildman–Crippen LogP) is 10.5. The van der Waals surface area contributed by atoms with Crippen molar-refractivity contribution >= 4 is 68.7 Å². The van der Waals surface area contributed by atoms with Gasteiger partial charge < -0.3 is 33.6 Å². The predicted molar refractivity (Wildman–Crippen MR) is 242 cm³/mol. The smallest absolute Gasteiger partial charge is 0.407 e. The second-order valence-corrected chi connectivity index (χ2v) is 17.6. The standard InChI is InChI=1S/C47H54Cl2N6O6/c1-11-59-45(57)37-24-31-14-12-16-36(41(31)53(37)20-19-50-46(58)61-47(7,8)9)54-25-28(4)55-42-34(17-18-35(48)39(42)38-29(5)51-52(10)30(38)6)33(43(55)44(54)56)15-13-21-60-32-22-26(2)40(49)27(3)23-32/h12,14,16-18,22-24,28H,11,13,15,19-21,25H2,1-10H3,(H,50,58)/t28-/m1/s1. The van der Waals surface area contributed by atoms with Gasteiger partial charge >= 0.3 is 12.1 Å². The first-order valence-corrected chi connectivity index (χ1v) is 21.5. The van der Waals surface area contributed by atoms with E-state index in [1.807, 2.05) is 91.4 Å². The fourth-order valence-corrected chi connectivity index (χ4v) is 9.01. The van der Waals surface area contributed by atoms with E-state index in [1.165, 1.54) is 0 Å². The third-order valence-electron chi connectivity index (χ3n) is 11.2. The van der Waals surface area contributed by atoms with Gasteiger partial charge in [-0.05, 0) is 122 Å². The molecular formula is C47H54Cl2N6O6. The fraction of sp³-hybridized carbons (Fsp3) is 0.404. The molecular weight excluding hydrogens is 815 g/mol. The summed E-state index contributed by atoms with van der Waals surface area (Å²) < 4.78 is 23.1. The topological polar surface area (TPSA) is 122 Å². The number of ether oxygens (including phenoxy) is 3. The van der Waals surface area contributed by atoms with Gasteiger partial charge in [-0.1, -0.05) is 41.4 Å². The summed E-state index contributed by atoms with van der Waals surface area (Å²) in [5.74, 6) is 0.0649. The van der Waals surface area contributed by atoms with E-state index in [-0.39, 0.29) is 31.6 Å². The maximum absolute atomic E-state index is 15.5. The second kappa shape index (κ2) is 17.1. The molecule has 0 unspecified atom stereocenters. The molecule has 61 heavy (non-hydrogen) atoms. The van der Waals surface area contributed by atoms with Crippen LogP contribution in [0.2, 0.25) is 10.0 Å². The van der Waals surface area contributed by atoms with Crippen LogP contribution in [0.25, 0.3) is 32.9 Å². The summed E-state index contributed by atoms with van der Waals surface area (Å²) in [5.41, 5.74) is 8.81. The van der Waals surface area contributed by atoms with Crippen molar-refractivity contribution < 1.29 is 28.6 Å². The number of esters is 1. The van der Waals surface area contributed by atoms with Crippen molar-refractivity contribution in [2.75, 3.05) is 31.2 Å². The van der Waals surface area contributed by atoms with Crippen LogP contribution in [0.4, 0.5) is 10.5 Å². The molecule has 1 aliphatic rings. The first-order chi connectivity index (χ1) is 28.9. The molecule has 0 spiro atoms. The first kappa shape index (κ1) is 43.6. The Bertz CT molecular complexity index is 2680. The van der Waals surface area contributed by atoms with Crippen LogP contribution in [0.3, 0.4) is 0 Å². The molecule has 1 atom stereocenters. The Hall–Kier alpha value is -5.46. The number of nitrogens with zero attached hydrogens (tertiary/aromatic N) is 5. The van der Waals surface area contributed by atoms with Crippen LogP contribution in [0.1, 0.15) is 96.1 Å². The summed E-state index contributed by atoms with van der Waals surface area (Å²) in [4.78, 5) is 43.4.